The van der Waals surface area contributed by atoms with E-state index in [-0.39, 0.29) is 5.91 Å². The molecule has 0 bridgehead atoms. The van der Waals surface area contributed by atoms with Gasteiger partial charge in [-0.3, -0.25) is 15.6 Å². The van der Waals surface area contributed by atoms with Gasteiger partial charge in [-0.05, 0) is 43.8 Å². The van der Waals surface area contributed by atoms with Gasteiger partial charge in [-0.25, -0.2) is 0 Å². The van der Waals surface area contributed by atoms with Crippen LogP contribution in [0.25, 0.3) is 10.1 Å². The van der Waals surface area contributed by atoms with Gasteiger partial charge in [-0.15, -0.1) is 11.3 Å². The maximum atomic E-state index is 12.4. The number of benzene rings is 2. The van der Waals surface area contributed by atoms with E-state index < -0.39 is 0 Å². The van der Waals surface area contributed by atoms with Crippen LogP contribution in [0.4, 0.5) is 5.69 Å². The number of hydrazine groups is 1. The summed E-state index contributed by atoms with van der Waals surface area (Å²) in [7, 11) is 0. The van der Waals surface area contributed by atoms with Crippen LogP contribution in [0.1, 0.15) is 20.8 Å². The number of halogens is 1. The Hall–Kier alpha value is -2.15. The lowest BCUT2D eigenvalue weighted by molar-refractivity contribution is 0.0948. The number of amides is 1. The number of carbonyl (C=O) groups excluding carboxylic acids is 1. The summed E-state index contributed by atoms with van der Waals surface area (Å²) in [5.74, 6) is -0.323. The van der Waals surface area contributed by atoms with Crippen LogP contribution in [0.5, 0.6) is 0 Å². The number of aryl methyl sites for hydroxylation is 2. The number of rotatable bonds is 2. The van der Waals surface area contributed by atoms with Crippen LogP contribution in [-0.2, 0) is 0 Å². The predicted octanol–water partition coefficient (Wildman–Crippen LogP) is 4.80. The van der Waals surface area contributed by atoms with E-state index in [0.29, 0.717) is 15.0 Å². The maximum absolute atomic E-state index is 12.4. The third kappa shape index (κ3) is 3.92. The molecule has 2 aromatic carbocycles. The molecule has 1 amide bonds. The lowest BCUT2D eigenvalue weighted by atomic mass is 10.1. The number of carbonyl (C=O) groups is 1. The van der Waals surface area contributed by atoms with Gasteiger partial charge in [0.25, 0.3) is 5.91 Å². The molecule has 1 heterocycles. The van der Waals surface area contributed by atoms with E-state index in [1.807, 2.05) is 50.2 Å². The monoisotopic (exact) mass is 389 g/mol. The second kappa shape index (κ2) is 7.39. The third-order valence-corrected chi connectivity index (χ3v) is 5.54. The molecule has 0 saturated heterocycles. The minimum atomic E-state index is -0.323. The van der Waals surface area contributed by atoms with Crippen molar-refractivity contribution < 1.29 is 4.79 Å². The molecule has 4 nitrogen and oxygen atoms in total. The van der Waals surface area contributed by atoms with Crippen LogP contribution in [-0.4, -0.2) is 11.0 Å². The first-order valence-corrected chi connectivity index (χ1v) is 9.17. The quantitative estimate of drug-likeness (QED) is 0.435. The fourth-order valence-electron chi connectivity index (χ4n) is 2.44. The molecule has 0 spiro atoms. The van der Waals surface area contributed by atoms with Gasteiger partial charge in [0, 0.05) is 15.8 Å². The lowest BCUT2D eigenvalue weighted by Crippen LogP contribution is -2.43. The van der Waals surface area contributed by atoms with Crippen LogP contribution in [0.15, 0.2) is 42.5 Å². The normalized spacial score (nSPS) is 10.5. The number of hydrogen-bond donors (Lipinski definition) is 3. The number of nitrogens with one attached hydrogen (secondary N) is 3. The molecular formula is C18H16ClN3OS2. The van der Waals surface area contributed by atoms with Crippen LogP contribution in [0, 0.1) is 13.8 Å². The summed E-state index contributed by atoms with van der Waals surface area (Å²) < 4.78 is 0.966. The van der Waals surface area contributed by atoms with Gasteiger partial charge < -0.3 is 5.32 Å². The van der Waals surface area contributed by atoms with E-state index in [1.54, 1.807) is 0 Å². The van der Waals surface area contributed by atoms with Crippen molar-refractivity contribution in [2.75, 3.05) is 5.32 Å². The zero-order valence-electron chi connectivity index (χ0n) is 13.6. The van der Waals surface area contributed by atoms with E-state index in [4.69, 9.17) is 23.8 Å². The van der Waals surface area contributed by atoms with Gasteiger partial charge >= 0.3 is 0 Å². The number of fused-ring (bicyclic) bond motifs is 1. The highest BCUT2D eigenvalue weighted by molar-refractivity contribution is 7.80. The summed E-state index contributed by atoms with van der Waals surface area (Å²) in [5.41, 5.74) is 8.43. The highest BCUT2D eigenvalue weighted by Crippen LogP contribution is 2.34. The van der Waals surface area contributed by atoms with E-state index in [0.717, 1.165) is 21.3 Å². The van der Waals surface area contributed by atoms with Crippen molar-refractivity contribution in [3.05, 3.63) is 63.5 Å². The zero-order chi connectivity index (χ0) is 18.0. The summed E-state index contributed by atoms with van der Waals surface area (Å²) in [6.45, 7) is 4.02. The van der Waals surface area contributed by atoms with E-state index in [2.05, 4.69) is 22.2 Å². The molecule has 0 aliphatic rings. The molecule has 0 saturated carbocycles. The van der Waals surface area contributed by atoms with Crippen molar-refractivity contribution in [3.63, 3.8) is 0 Å². The van der Waals surface area contributed by atoms with Gasteiger partial charge in [0.2, 0.25) is 0 Å². The van der Waals surface area contributed by atoms with Crippen molar-refractivity contribution in [2.24, 2.45) is 0 Å². The Labute approximate surface area is 160 Å². The summed E-state index contributed by atoms with van der Waals surface area (Å²) in [6.07, 6.45) is 0. The van der Waals surface area contributed by atoms with Crippen molar-refractivity contribution in [3.8, 4) is 0 Å². The number of thiocarbonyl (C=S) groups is 1. The zero-order valence-corrected chi connectivity index (χ0v) is 16.0. The minimum Gasteiger partial charge on any atom is -0.331 e. The first-order chi connectivity index (χ1) is 12.0. The van der Waals surface area contributed by atoms with Crippen molar-refractivity contribution in [2.45, 2.75) is 13.8 Å². The molecular weight excluding hydrogens is 374 g/mol. The Morgan fingerprint density at radius 1 is 1.12 bits per heavy atom. The Morgan fingerprint density at radius 3 is 2.60 bits per heavy atom. The molecule has 25 heavy (non-hydrogen) atoms. The Kier molecular flexibility index (Phi) is 5.22. The number of thiophene rings is 1. The smallest absolute Gasteiger partial charge is 0.281 e. The van der Waals surface area contributed by atoms with Crippen molar-refractivity contribution >= 4 is 61.9 Å². The predicted molar refractivity (Wildman–Crippen MR) is 110 cm³/mol. The van der Waals surface area contributed by atoms with Gasteiger partial charge in [0.1, 0.15) is 4.88 Å². The Bertz CT molecular complexity index is 968. The standard InChI is InChI=1S/C18H16ClN3OS2/c1-10-7-8-13(11(2)9-10)20-18(24)22-21-17(23)16-15(19)12-5-3-4-6-14(12)25-16/h3-9H,1-2H3,(H,21,23)(H2,20,22,24). The van der Waals surface area contributed by atoms with Crippen LogP contribution in [0.2, 0.25) is 5.02 Å². The molecule has 3 N–H and O–H groups in total. The molecule has 0 atom stereocenters. The Morgan fingerprint density at radius 2 is 1.88 bits per heavy atom. The molecule has 0 aliphatic carbocycles. The molecule has 1 aromatic heterocycles. The topological polar surface area (TPSA) is 53.2 Å². The van der Waals surface area contributed by atoms with Crippen LogP contribution < -0.4 is 16.2 Å². The number of hydrogen-bond acceptors (Lipinski definition) is 3. The van der Waals surface area contributed by atoms with E-state index in [9.17, 15) is 4.79 Å². The fourth-order valence-corrected chi connectivity index (χ4v) is 4.01. The molecule has 3 aromatic rings. The summed E-state index contributed by atoms with van der Waals surface area (Å²) in [5, 5.41) is 4.69. The highest BCUT2D eigenvalue weighted by Gasteiger charge is 2.16. The van der Waals surface area contributed by atoms with E-state index >= 15 is 0 Å². The third-order valence-electron chi connectivity index (χ3n) is 3.66. The van der Waals surface area contributed by atoms with Gasteiger partial charge in [-0.1, -0.05) is 47.5 Å². The average Bonchev–Trinajstić information content (AvgIpc) is 2.93. The van der Waals surface area contributed by atoms with E-state index in [1.165, 1.54) is 16.9 Å². The Balaban J connectivity index is 1.65. The maximum Gasteiger partial charge on any atom is 0.281 e. The molecule has 0 fully saturated rings. The molecule has 0 radical (unpaired) electrons. The van der Waals surface area contributed by atoms with Crippen molar-refractivity contribution in [1.82, 2.24) is 10.9 Å². The first-order valence-electron chi connectivity index (χ1n) is 7.57. The molecule has 3 rings (SSSR count). The average molecular weight is 390 g/mol. The summed E-state index contributed by atoms with van der Waals surface area (Å²) >= 11 is 12.9. The highest BCUT2D eigenvalue weighted by atomic mass is 35.5. The van der Waals surface area contributed by atoms with Gasteiger partial charge in [-0.2, -0.15) is 0 Å². The second-order valence-electron chi connectivity index (χ2n) is 5.59. The first kappa shape index (κ1) is 17.7. The van der Waals surface area contributed by atoms with Crippen molar-refractivity contribution in [1.29, 1.82) is 0 Å². The molecule has 0 aliphatic heterocycles. The van der Waals surface area contributed by atoms with Crippen LogP contribution in [0.3, 0.4) is 0 Å². The summed E-state index contributed by atoms with van der Waals surface area (Å²) in [6, 6.07) is 13.6. The SMILES string of the molecule is Cc1ccc(NC(=S)NNC(=O)c2sc3ccccc3c2Cl)c(C)c1. The largest absolute Gasteiger partial charge is 0.331 e. The number of anilines is 1. The van der Waals surface area contributed by atoms with Gasteiger partial charge in [0.05, 0.1) is 5.02 Å². The fraction of sp³-hybridized carbons (Fsp3) is 0.111. The minimum absolute atomic E-state index is 0.303. The lowest BCUT2D eigenvalue weighted by Gasteiger charge is -2.13. The second-order valence-corrected chi connectivity index (χ2v) is 7.43. The van der Waals surface area contributed by atoms with Gasteiger partial charge in [0.15, 0.2) is 5.11 Å². The molecule has 0 unspecified atom stereocenters. The molecule has 128 valence electrons. The van der Waals surface area contributed by atoms with Crippen LogP contribution >= 0.6 is 35.2 Å². The molecule has 7 heteroatoms. The summed E-state index contributed by atoms with van der Waals surface area (Å²) in [4.78, 5) is 12.8.